The molecular formula is C8H10OPS2+. The van der Waals surface area contributed by atoms with Gasteiger partial charge in [0.1, 0.15) is 12.2 Å². The Bertz CT molecular complexity index is 292. The Balaban J connectivity index is 2.93. The van der Waals surface area contributed by atoms with E-state index in [1.165, 1.54) is 11.1 Å². The van der Waals surface area contributed by atoms with E-state index in [0.29, 0.717) is 0 Å². The molecule has 4 heteroatoms. The lowest BCUT2D eigenvalue weighted by atomic mass is 10.1. The molecule has 1 atom stereocenters. The Morgan fingerprint density at radius 2 is 1.75 bits per heavy atom. The predicted molar refractivity (Wildman–Crippen MR) is 59.8 cm³/mol. The van der Waals surface area contributed by atoms with Crippen LogP contribution in [0.1, 0.15) is 11.1 Å². The molecule has 1 aromatic rings. The summed E-state index contributed by atoms with van der Waals surface area (Å²) in [5.41, 5.74) is 2.37. The summed E-state index contributed by atoms with van der Waals surface area (Å²) in [5.74, 6) is 0.823. The summed E-state index contributed by atoms with van der Waals surface area (Å²) in [7, 11) is 0. The summed E-state index contributed by atoms with van der Waals surface area (Å²) < 4.78 is 5.32. The maximum absolute atomic E-state index is 5.32. The first kappa shape index (κ1) is 9.97. The number of rotatable bonds is 2. The molecule has 0 radical (unpaired) electrons. The Labute approximate surface area is 83.8 Å². The standard InChI is InChI=1S/C8H9OPS2/c1-6-3-7(2)5-8(4-6)9-10(11)12/h3-5H,1-2H3/p+1. The maximum Gasteiger partial charge on any atom is 0.459 e. The summed E-state index contributed by atoms with van der Waals surface area (Å²) in [6.07, 6.45) is -1.02. The lowest BCUT2D eigenvalue weighted by Gasteiger charge is -1.98. The number of aryl methyl sites for hydroxylation is 2. The molecule has 1 unspecified atom stereocenters. The van der Waals surface area contributed by atoms with Crippen molar-refractivity contribution in [3.63, 3.8) is 0 Å². The van der Waals surface area contributed by atoms with E-state index in [1.54, 1.807) is 0 Å². The van der Waals surface area contributed by atoms with Crippen molar-refractivity contribution in [2.24, 2.45) is 0 Å². The van der Waals surface area contributed by atoms with E-state index in [4.69, 9.17) is 16.3 Å². The zero-order valence-corrected chi connectivity index (χ0v) is 9.55. The zero-order chi connectivity index (χ0) is 9.14. The molecule has 0 saturated heterocycles. The third-order valence-electron chi connectivity index (χ3n) is 1.38. The van der Waals surface area contributed by atoms with Gasteiger partial charge in [0.25, 0.3) is 0 Å². The molecule has 0 amide bonds. The minimum Gasteiger partial charge on any atom is -0.266 e. The average Bonchev–Trinajstić information content (AvgIpc) is 1.81. The molecular weight excluding hydrogens is 207 g/mol. The molecule has 0 aromatic heterocycles. The fourth-order valence-electron chi connectivity index (χ4n) is 1.08. The fourth-order valence-corrected chi connectivity index (χ4v) is 1.90. The molecule has 1 aromatic carbocycles. The number of thiol groups is 1. The molecule has 0 N–H and O–H groups in total. The lowest BCUT2D eigenvalue weighted by Crippen LogP contribution is -1.81. The van der Waals surface area contributed by atoms with E-state index in [0.717, 1.165) is 5.75 Å². The van der Waals surface area contributed by atoms with Crippen molar-refractivity contribution in [2.45, 2.75) is 13.8 Å². The molecule has 0 fully saturated rings. The second kappa shape index (κ2) is 4.22. The van der Waals surface area contributed by atoms with E-state index in [1.807, 2.05) is 26.0 Å². The van der Waals surface area contributed by atoms with Gasteiger partial charge >= 0.3 is 6.13 Å². The second-order valence-electron chi connectivity index (χ2n) is 2.65. The summed E-state index contributed by atoms with van der Waals surface area (Å²) in [5, 5.41) is 0. The molecule has 0 bridgehead atoms. The Hall–Kier alpha value is -0.110. The highest BCUT2D eigenvalue weighted by atomic mass is 32.9. The van der Waals surface area contributed by atoms with Gasteiger partial charge in [-0.3, -0.25) is 4.52 Å². The van der Waals surface area contributed by atoms with Gasteiger partial charge in [0, 0.05) is 0 Å². The van der Waals surface area contributed by atoms with E-state index < -0.39 is 6.13 Å². The highest BCUT2D eigenvalue weighted by Gasteiger charge is 2.06. The number of hydrogen-bond donors (Lipinski definition) is 1. The van der Waals surface area contributed by atoms with Crippen molar-refractivity contribution in [3.05, 3.63) is 29.3 Å². The highest BCUT2D eigenvalue weighted by Crippen LogP contribution is 2.31. The normalized spacial score (nSPS) is 11.1. The van der Waals surface area contributed by atoms with Crippen molar-refractivity contribution < 1.29 is 4.52 Å². The smallest absolute Gasteiger partial charge is 0.266 e. The van der Waals surface area contributed by atoms with Crippen LogP contribution < -0.4 is 4.52 Å². The van der Waals surface area contributed by atoms with Gasteiger partial charge in [-0.2, -0.15) is 0 Å². The van der Waals surface area contributed by atoms with Crippen LogP contribution in [0.3, 0.4) is 0 Å². The third kappa shape index (κ3) is 3.10. The van der Waals surface area contributed by atoms with Crippen LogP contribution in [-0.2, 0) is 11.8 Å². The van der Waals surface area contributed by atoms with Gasteiger partial charge in [-0.05, 0) is 37.1 Å². The molecule has 0 heterocycles. The van der Waals surface area contributed by atoms with Gasteiger partial charge in [-0.15, -0.1) is 0 Å². The van der Waals surface area contributed by atoms with E-state index in [-0.39, 0.29) is 0 Å². The van der Waals surface area contributed by atoms with Crippen molar-refractivity contribution in [3.8, 4) is 5.75 Å². The van der Waals surface area contributed by atoms with Crippen molar-refractivity contribution >= 4 is 30.2 Å². The minimum absolute atomic E-state index is 0.823. The lowest BCUT2D eigenvalue weighted by molar-refractivity contribution is 0.640. The molecule has 1 nitrogen and oxygen atoms in total. The first-order chi connectivity index (χ1) is 5.58. The van der Waals surface area contributed by atoms with E-state index in [9.17, 15) is 0 Å². The van der Waals surface area contributed by atoms with Gasteiger partial charge in [0.05, 0.1) is 0 Å². The summed E-state index contributed by atoms with van der Waals surface area (Å²) in [4.78, 5) is 0. The number of benzene rings is 1. The van der Waals surface area contributed by atoms with Gasteiger partial charge in [0.15, 0.2) is 5.75 Å². The largest absolute Gasteiger partial charge is 0.459 e. The van der Waals surface area contributed by atoms with Crippen LogP contribution in [0.25, 0.3) is 0 Å². The third-order valence-corrected chi connectivity index (χ3v) is 2.21. The zero-order valence-electron chi connectivity index (χ0n) is 6.94. The Morgan fingerprint density at radius 3 is 2.17 bits per heavy atom. The fraction of sp³-hybridized carbons (Fsp3) is 0.250. The van der Waals surface area contributed by atoms with Gasteiger partial charge in [-0.25, -0.2) is 0 Å². The predicted octanol–water partition coefficient (Wildman–Crippen LogP) is 3.39. The second-order valence-corrected chi connectivity index (χ2v) is 6.21. The molecule has 12 heavy (non-hydrogen) atoms. The van der Waals surface area contributed by atoms with E-state index in [2.05, 4.69) is 18.3 Å². The number of hydrogen-bond acceptors (Lipinski definition) is 2. The van der Waals surface area contributed by atoms with Gasteiger partial charge in [-0.1, -0.05) is 6.07 Å². The summed E-state index contributed by atoms with van der Waals surface area (Å²) in [6, 6.07) is 6.02. The molecule has 0 aliphatic rings. The molecule has 0 aliphatic carbocycles. The van der Waals surface area contributed by atoms with Crippen molar-refractivity contribution in [1.29, 1.82) is 0 Å². The highest BCUT2D eigenvalue weighted by molar-refractivity contribution is 8.54. The van der Waals surface area contributed by atoms with Gasteiger partial charge in [0.2, 0.25) is 11.8 Å². The first-order valence-corrected chi connectivity index (χ1v) is 6.93. The molecule has 0 aliphatic heterocycles. The van der Waals surface area contributed by atoms with Crippen LogP contribution in [0.15, 0.2) is 18.2 Å². The average molecular weight is 217 g/mol. The monoisotopic (exact) mass is 217 g/mol. The van der Waals surface area contributed by atoms with Crippen molar-refractivity contribution in [2.75, 3.05) is 0 Å². The van der Waals surface area contributed by atoms with Crippen molar-refractivity contribution in [1.82, 2.24) is 0 Å². The molecule has 64 valence electrons. The van der Waals surface area contributed by atoms with E-state index >= 15 is 0 Å². The first-order valence-electron chi connectivity index (χ1n) is 3.50. The summed E-state index contributed by atoms with van der Waals surface area (Å²) in [6.45, 7) is 4.06. The maximum atomic E-state index is 5.32. The topological polar surface area (TPSA) is 9.23 Å². The quantitative estimate of drug-likeness (QED) is 0.600. The molecule has 0 saturated carbocycles. The molecule has 1 rings (SSSR count). The van der Waals surface area contributed by atoms with Crippen LogP contribution in [0.4, 0.5) is 0 Å². The SMILES string of the molecule is Cc1cc(C)cc(O[P+](=S)S)c1. The van der Waals surface area contributed by atoms with Crippen LogP contribution in [0.5, 0.6) is 5.75 Å². The van der Waals surface area contributed by atoms with Crippen LogP contribution in [0.2, 0.25) is 0 Å². The van der Waals surface area contributed by atoms with Gasteiger partial charge < -0.3 is 0 Å². The Kier molecular flexibility index (Phi) is 3.51. The molecule has 0 spiro atoms. The Morgan fingerprint density at radius 1 is 1.25 bits per heavy atom. The van der Waals surface area contributed by atoms with Crippen LogP contribution in [-0.4, -0.2) is 0 Å². The van der Waals surface area contributed by atoms with Crippen LogP contribution in [0, 0.1) is 13.8 Å². The summed E-state index contributed by atoms with van der Waals surface area (Å²) >= 11 is 8.89. The van der Waals surface area contributed by atoms with Crippen LogP contribution >= 0.6 is 18.4 Å². The minimum atomic E-state index is -1.02.